The highest BCUT2D eigenvalue weighted by Crippen LogP contribution is 2.34. The molecule has 1 aliphatic rings. The first-order valence-corrected chi connectivity index (χ1v) is 7.26. The maximum absolute atomic E-state index is 12.0. The summed E-state index contributed by atoms with van der Waals surface area (Å²) in [7, 11) is 0. The van der Waals surface area contributed by atoms with Crippen molar-refractivity contribution in [2.24, 2.45) is 5.92 Å². The quantitative estimate of drug-likeness (QED) is 0.932. The number of carbonyl (C=O) groups excluding carboxylic acids is 2. The van der Waals surface area contributed by atoms with E-state index in [0.29, 0.717) is 29.4 Å². The van der Waals surface area contributed by atoms with Gasteiger partial charge in [-0.1, -0.05) is 23.4 Å². The molecule has 1 saturated heterocycles. The minimum absolute atomic E-state index is 0.0262. The first-order chi connectivity index (χ1) is 8.97. The molecular weight excluding hydrogens is 286 g/mol. The number of halogens is 1. The van der Waals surface area contributed by atoms with Crippen molar-refractivity contribution in [3.63, 3.8) is 0 Å². The van der Waals surface area contributed by atoms with Gasteiger partial charge in [0.25, 0.3) is 0 Å². The van der Waals surface area contributed by atoms with E-state index in [9.17, 15) is 14.7 Å². The van der Waals surface area contributed by atoms with Crippen molar-refractivity contribution in [2.75, 3.05) is 17.2 Å². The lowest BCUT2D eigenvalue weighted by Gasteiger charge is -2.18. The summed E-state index contributed by atoms with van der Waals surface area (Å²) >= 11 is 7.29. The molecule has 1 aromatic carbocycles. The van der Waals surface area contributed by atoms with Gasteiger partial charge >= 0.3 is 0 Å². The lowest BCUT2D eigenvalue weighted by molar-refractivity contribution is -0.117. The summed E-state index contributed by atoms with van der Waals surface area (Å²) in [6, 6.07) is 4.54. The van der Waals surface area contributed by atoms with Crippen molar-refractivity contribution in [2.45, 2.75) is 13.3 Å². The van der Waals surface area contributed by atoms with Crippen molar-refractivity contribution in [3.8, 4) is 5.75 Å². The first-order valence-electron chi connectivity index (χ1n) is 5.89. The van der Waals surface area contributed by atoms with Crippen LogP contribution in [-0.2, 0) is 9.59 Å². The molecule has 0 aromatic heterocycles. The minimum atomic E-state index is -0.0262. The fourth-order valence-electron chi connectivity index (χ4n) is 2.07. The zero-order valence-corrected chi connectivity index (χ0v) is 12.0. The number of carbonyl (C=O) groups is 2. The number of rotatable bonds is 3. The van der Waals surface area contributed by atoms with Crippen LogP contribution in [0.15, 0.2) is 18.2 Å². The number of amides is 1. The molecule has 1 aromatic rings. The highest BCUT2D eigenvalue weighted by Gasteiger charge is 2.31. The van der Waals surface area contributed by atoms with Crippen LogP contribution in [0, 0.1) is 5.92 Å². The van der Waals surface area contributed by atoms with Gasteiger partial charge in [0.2, 0.25) is 5.91 Å². The van der Waals surface area contributed by atoms with Crippen LogP contribution in [0.25, 0.3) is 0 Å². The predicted molar refractivity (Wildman–Crippen MR) is 76.7 cm³/mol. The van der Waals surface area contributed by atoms with Crippen molar-refractivity contribution in [1.82, 2.24) is 0 Å². The van der Waals surface area contributed by atoms with Gasteiger partial charge in [0.1, 0.15) is 5.75 Å². The Morgan fingerprint density at radius 2 is 2.32 bits per heavy atom. The summed E-state index contributed by atoms with van der Waals surface area (Å²) in [4.78, 5) is 24.5. The van der Waals surface area contributed by atoms with Crippen LogP contribution >= 0.6 is 23.4 Å². The molecule has 1 unspecified atom stereocenters. The van der Waals surface area contributed by atoms with Gasteiger partial charge in [-0.25, -0.2) is 0 Å². The van der Waals surface area contributed by atoms with Crippen molar-refractivity contribution in [1.29, 1.82) is 0 Å². The number of nitrogens with zero attached hydrogens (tertiary/aromatic N) is 1. The molecule has 1 atom stereocenters. The van der Waals surface area contributed by atoms with Crippen molar-refractivity contribution < 1.29 is 14.7 Å². The number of phenols is 1. The second kappa shape index (κ2) is 5.84. The van der Waals surface area contributed by atoms with Gasteiger partial charge in [-0.2, -0.15) is 0 Å². The van der Waals surface area contributed by atoms with E-state index in [1.54, 1.807) is 11.0 Å². The number of thioether (sulfide) groups is 1. The van der Waals surface area contributed by atoms with E-state index >= 15 is 0 Å². The van der Waals surface area contributed by atoms with E-state index in [-0.39, 0.29) is 22.7 Å². The fraction of sp³-hybridized carbons (Fsp3) is 0.385. The van der Waals surface area contributed by atoms with E-state index in [4.69, 9.17) is 11.6 Å². The number of anilines is 1. The van der Waals surface area contributed by atoms with Crippen LogP contribution < -0.4 is 4.90 Å². The van der Waals surface area contributed by atoms with Crippen molar-refractivity contribution >= 4 is 40.1 Å². The first kappa shape index (κ1) is 14.2. The molecule has 2 rings (SSSR count). The Hall–Kier alpha value is -1.20. The Balaban J connectivity index is 2.11. The summed E-state index contributed by atoms with van der Waals surface area (Å²) in [5.74, 6) is 0.823. The van der Waals surface area contributed by atoms with Gasteiger partial charge in [-0.3, -0.25) is 9.59 Å². The minimum Gasteiger partial charge on any atom is -0.508 e. The van der Waals surface area contributed by atoms with E-state index in [0.717, 1.165) is 0 Å². The Bertz CT molecular complexity index is 521. The van der Waals surface area contributed by atoms with Crippen LogP contribution in [-0.4, -0.2) is 28.4 Å². The third-order valence-corrected chi connectivity index (χ3v) is 4.31. The smallest absolute Gasteiger partial charge is 0.227 e. The van der Waals surface area contributed by atoms with E-state index in [2.05, 4.69) is 0 Å². The number of phenolic OH excluding ortho intramolecular Hbond substituents is 1. The molecule has 6 heteroatoms. The highest BCUT2D eigenvalue weighted by molar-refractivity contribution is 8.13. The van der Waals surface area contributed by atoms with Crippen LogP contribution in [0.2, 0.25) is 5.02 Å². The molecule has 0 spiro atoms. The van der Waals surface area contributed by atoms with Crippen LogP contribution in [0.5, 0.6) is 5.75 Å². The normalized spacial score (nSPS) is 18.9. The van der Waals surface area contributed by atoms with E-state index in [1.807, 2.05) is 0 Å². The third kappa shape index (κ3) is 3.42. The average Bonchev–Trinajstić information content (AvgIpc) is 2.71. The van der Waals surface area contributed by atoms with Crippen LogP contribution in [0.1, 0.15) is 13.3 Å². The Kier molecular flexibility index (Phi) is 4.37. The monoisotopic (exact) mass is 299 g/mol. The number of hydrogen-bond acceptors (Lipinski definition) is 4. The maximum atomic E-state index is 12.0. The molecule has 19 heavy (non-hydrogen) atoms. The highest BCUT2D eigenvalue weighted by atomic mass is 35.5. The molecule has 1 N–H and O–H groups in total. The molecule has 102 valence electrons. The zero-order valence-electron chi connectivity index (χ0n) is 10.4. The van der Waals surface area contributed by atoms with Gasteiger partial charge < -0.3 is 10.0 Å². The summed E-state index contributed by atoms with van der Waals surface area (Å²) in [5.41, 5.74) is 0.530. The number of aromatic hydroxyl groups is 1. The lowest BCUT2D eigenvalue weighted by atomic mass is 10.1. The molecule has 0 saturated carbocycles. The van der Waals surface area contributed by atoms with E-state index in [1.165, 1.54) is 30.8 Å². The second-order valence-corrected chi connectivity index (χ2v) is 6.12. The topological polar surface area (TPSA) is 57.6 Å². The van der Waals surface area contributed by atoms with Gasteiger partial charge in [0.05, 0.1) is 10.7 Å². The van der Waals surface area contributed by atoms with Gasteiger partial charge in [0, 0.05) is 31.7 Å². The summed E-state index contributed by atoms with van der Waals surface area (Å²) in [6.45, 7) is 2.05. The summed E-state index contributed by atoms with van der Waals surface area (Å²) in [5, 5.41) is 9.97. The second-order valence-electron chi connectivity index (χ2n) is 4.51. The molecule has 4 nitrogen and oxygen atoms in total. The summed E-state index contributed by atoms with van der Waals surface area (Å²) < 4.78 is 0. The maximum Gasteiger partial charge on any atom is 0.227 e. The molecule has 0 radical (unpaired) electrons. The molecule has 1 aliphatic heterocycles. The number of benzene rings is 1. The molecule has 1 amide bonds. The van der Waals surface area contributed by atoms with Gasteiger partial charge in [-0.15, -0.1) is 0 Å². The fourth-order valence-corrected chi connectivity index (χ4v) is 2.98. The third-order valence-electron chi connectivity index (χ3n) is 2.95. The average molecular weight is 300 g/mol. The molecule has 0 aliphatic carbocycles. The predicted octanol–water partition coefficient (Wildman–Crippen LogP) is 2.68. The Morgan fingerprint density at radius 3 is 3.00 bits per heavy atom. The largest absolute Gasteiger partial charge is 0.508 e. The Morgan fingerprint density at radius 1 is 1.58 bits per heavy atom. The SMILES string of the molecule is CC(=O)SCC1CC(=O)N(c2cc(O)ccc2Cl)C1. The van der Waals surface area contributed by atoms with Crippen LogP contribution in [0.4, 0.5) is 5.69 Å². The van der Waals surface area contributed by atoms with Crippen molar-refractivity contribution in [3.05, 3.63) is 23.2 Å². The molecule has 1 fully saturated rings. The standard InChI is InChI=1S/C13H14ClNO3S/c1-8(16)19-7-9-4-13(18)15(6-9)12-5-10(17)2-3-11(12)14/h2-3,5,9,17H,4,6-7H2,1H3. The molecule has 1 heterocycles. The lowest BCUT2D eigenvalue weighted by Crippen LogP contribution is -2.25. The summed E-state index contributed by atoms with van der Waals surface area (Å²) in [6.07, 6.45) is 0.409. The van der Waals surface area contributed by atoms with E-state index < -0.39 is 0 Å². The Labute approximate surface area is 120 Å². The molecular formula is C13H14ClNO3S. The van der Waals surface area contributed by atoms with Crippen LogP contribution in [0.3, 0.4) is 0 Å². The number of hydrogen-bond donors (Lipinski definition) is 1. The van der Waals surface area contributed by atoms with Gasteiger partial charge in [0.15, 0.2) is 5.12 Å². The molecule has 0 bridgehead atoms. The zero-order chi connectivity index (χ0) is 14.0. The van der Waals surface area contributed by atoms with Gasteiger partial charge in [-0.05, 0) is 18.1 Å².